The number of benzene rings is 1. The lowest BCUT2D eigenvalue weighted by molar-refractivity contribution is -0.389. The van der Waals surface area contributed by atoms with E-state index in [0.717, 1.165) is 31.7 Å². The van der Waals surface area contributed by atoms with Crippen LogP contribution in [0, 0.1) is 15.9 Å². The molecule has 4 rings (SSSR count). The van der Waals surface area contributed by atoms with E-state index in [0.29, 0.717) is 17.8 Å². The van der Waals surface area contributed by atoms with Crippen LogP contribution in [0.1, 0.15) is 41.7 Å². The first kappa shape index (κ1) is 14.8. The van der Waals surface area contributed by atoms with Crippen LogP contribution >= 0.6 is 0 Å². The van der Waals surface area contributed by atoms with Gasteiger partial charge >= 0.3 is 5.82 Å². The number of carbonyl (C=O) groups excluding carboxylic acids is 1. The molecule has 0 unspecified atom stereocenters. The summed E-state index contributed by atoms with van der Waals surface area (Å²) in [6.07, 6.45) is 3.68. The minimum absolute atomic E-state index is 0.0352. The van der Waals surface area contributed by atoms with E-state index >= 15 is 0 Å². The molecule has 0 radical (unpaired) electrons. The second-order valence-corrected chi connectivity index (χ2v) is 6.41. The summed E-state index contributed by atoms with van der Waals surface area (Å²) in [6.45, 7) is 0.392. The standard InChI is InChI=1S/C16H15FN4O3/c17-10-4-3-5-12-14(10)16(6-1-2-7-16)9-20(12)15(22)11-8-13(19-18-11)21(23)24/h3-5,8H,1-2,6-7,9H2,(H,18,19). The molecule has 24 heavy (non-hydrogen) atoms. The van der Waals surface area contributed by atoms with E-state index < -0.39 is 10.8 Å². The van der Waals surface area contributed by atoms with Crippen LogP contribution in [0.25, 0.3) is 0 Å². The number of nitrogens with one attached hydrogen (secondary N) is 1. The van der Waals surface area contributed by atoms with Gasteiger partial charge in [-0.2, -0.15) is 0 Å². The number of amides is 1. The molecular formula is C16H15FN4O3. The normalized spacial score (nSPS) is 18.1. The molecule has 1 aliphatic carbocycles. The molecule has 1 amide bonds. The van der Waals surface area contributed by atoms with Crippen LogP contribution in [-0.4, -0.2) is 27.6 Å². The van der Waals surface area contributed by atoms with Crippen molar-refractivity contribution in [1.82, 2.24) is 10.2 Å². The van der Waals surface area contributed by atoms with Gasteiger partial charge in [-0.05, 0) is 29.9 Å². The number of rotatable bonds is 2. The van der Waals surface area contributed by atoms with Gasteiger partial charge in [0, 0.05) is 17.5 Å². The number of carbonyl (C=O) groups is 1. The molecule has 1 fully saturated rings. The highest BCUT2D eigenvalue weighted by Gasteiger charge is 2.48. The van der Waals surface area contributed by atoms with Gasteiger partial charge in [-0.25, -0.2) is 4.39 Å². The highest BCUT2D eigenvalue weighted by Crippen LogP contribution is 2.51. The molecule has 2 aromatic rings. The summed E-state index contributed by atoms with van der Waals surface area (Å²) < 4.78 is 14.5. The zero-order chi connectivity index (χ0) is 16.9. The smallest absolute Gasteiger partial charge is 0.343 e. The number of aromatic amines is 1. The largest absolute Gasteiger partial charge is 0.358 e. The maximum absolute atomic E-state index is 14.5. The van der Waals surface area contributed by atoms with Crippen LogP contribution in [0.3, 0.4) is 0 Å². The fourth-order valence-electron chi connectivity index (χ4n) is 4.02. The molecule has 1 N–H and O–H groups in total. The van der Waals surface area contributed by atoms with E-state index in [1.165, 1.54) is 11.0 Å². The molecule has 8 heteroatoms. The maximum Gasteiger partial charge on any atom is 0.343 e. The third-order valence-electron chi connectivity index (χ3n) is 5.06. The molecule has 1 aromatic carbocycles. The van der Waals surface area contributed by atoms with Gasteiger partial charge in [0.1, 0.15) is 5.82 Å². The number of H-pyrrole nitrogens is 1. The number of hydrogen-bond donors (Lipinski definition) is 1. The summed E-state index contributed by atoms with van der Waals surface area (Å²) in [6, 6.07) is 5.84. The van der Waals surface area contributed by atoms with Crippen LogP contribution in [0.2, 0.25) is 0 Å². The summed E-state index contributed by atoms with van der Waals surface area (Å²) in [5.41, 5.74) is 0.763. The molecule has 2 heterocycles. The van der Waals surface area contributed by atoms with E-state index in [1.807, 2.05) is 0 Å². The minimum Gasteiger partial charge on any atom is -0.358 e. The molecule has 1 aromatic heterocycles. The molecule has 1 spiro atoms. The molecule has 1 aliphatic heterocycles. The number of fused-ring (bicyclic) bond motifs is 2. The van der Waals surface area contributed by atoms with E-state index in [9.17, 15) is 19.3 Å². The zero-order valence-electron chi connectivity index (χ0n) is 12.8. The van der Waals surface area contributed by atoms with E-state index in [1.54, 1.807) is 12.1 Å². The second kappa shape index (κ2) is 5.12. The van der Waals surface area contributed by atoms with Crippen molar-refractivity contribution >= 4 is 17.4 Å². The summed E-state index contributed by atoms with van der Waals surface area (Å²) in [7, 11) is 0. The Kier molecular flexibility index (Phi) is 3.16. The fourth-order valence-corrected chi connectivity index (χ4v) is 4.02. The van der Waals surface area contributed by atoms with Crippen molar-refractivity contribution in [2.24, 2.45) is 0 Å². The average molecular weight is 330 g/mol. The average Bonchev–Trinajstić information content (AvgIpc) is 3.28. The number of hydrogen-bond acceptors (Lipinski definition) is 4. The minimum atomic E-state index is -0.639. The lowest BCUT2D eigenvalue weighted by Crippen LogP contribution is -2.35. The second-order valence-electron chi connectivity index (χ2n) is 6.41. The van der Waals surface area contributed by atoms with Gasteiger partial charge in [0.05, 0.1) is 11.8 Å². The van der Waals surface area contributed by atoms with E-state index in [2.05, 4.69) is 10.2 Å². The van der Waals surface area contributed by atoms with E-state index in [-0.39, 0.29) is 22.7 Å². The fraction of sp³-hybridized carbons (Fsp3) is 0.375. The Bertz CT molecular complexity index is 842. The van der Waals surface area contributed by atoms with Crippen molar-refractivity contribution in [2.75, 3.05) is 11.4 Å². The van der Waals surface area contributed by atoms with Crippen molar-refractivity contribution in [3.63, 3.8) is 0 Å². The number of halogens is 1. The number of nitrogens with zero attached hydrogens (tertiary/aromatic N) is 3. The topological polar surface area (TPSA) is 92.1 Å². The first-order chi connectivity index (χ1) is 11.5. The third-order valence-corrected chi connectivity index (χ3v) is 5.06. The van der Waals surface area contributed by atoms with Crippen molar-refractivity contribution in [1.29, 1.82) is 0 Å². The molecule has 0 saturated heterocycles. The van der Waals surface area contributed by atoms with Gasteiger partial charge < -0.3 is 15.0 Å². The Morgan fingerprint density at radius 1 is 1.38 bits per heavy atom. The van der Waals surface area contributed by atoms with Gasteiger partial charge in [-0.15, -0.1) is 5.10 Å². The van der Waals surface area contributed by atoms with Crippen molar-refractivity contribution < 1.29 is 14.1 Å². The predicted octanol–water partition coefficient (Wildman–Crippen LogP) is 2.93. The molecule has 1 saturated carbocycles. The first-order valence-corrected chi connectivity index (χ1v) is 7.82. The predicted molar refractivity (Wildman–Crippen MR) is 83.5 cm³/mol. The van der Waals surface area contributed by atoms with Crippen LogP contribution in [-0.2, 0) is 5.41 Å². The van der Waals surface area contributed by atoms with Gasteiger partial charge in [0.25, 0.3) is 5.91 Å². The monoisotopic (exact) mass is 330 g/mol. The van der Waals surface area contributed by atoms with Gasteiger partial charge in [0.15, 0.2) is 5.69 Å². The lowest BCUT2D eigenvalue weighted by Gasteiger charge is -2.24. The third kappa shape index (κ3) is 2.02. The SMILES string of the molecule is O=C(c1cc([N+](=O)[O-])[nH]n1)N1CC2(CCCC2)c2c(F)cccc21. The van der Waals surface area contributed by atoms with Crippen molar-refractivity contribution in [2.45, 2.75) is 31.1 Å². The van der Waals surface area contributed by atoms with Crippen LogP contribution in [0.4, 0.5) is 15.9 Å². The Labute approximate surface area is 136 Å². The highest BCUT2D eigenvalue weighted by molar-refractivity contribution is 6.06. The van der Waals surface area contributed by atoms with Gasteiger partial charge in [-0.1, -0.05) is 24.0 Å². The Hall–Kier alpha value is -2.77. The zero-order valence-corrected chi connectivity index (χ0v) is 12.8. The lowest BCUT2D eigenvalue weighted by atomic mass is 9.80. The van der Waals surface area contributed by atoms with Crippen LogP contribution in [0.15, 0.2) is 24.3 Å². The first-order valence-electron chi connectivity index (χ1n) is 7.82. The number of aromatic nitrogens is 2. The molecule has 7 nitrogen and oxygen atoms in total. The van der Waals surface area contributed by atoms with Crippen molar-refractivity contribution in [3.05, 3.63) is 51.5 Å². The van der Waals surface area contributed by atoms with Gasteiger partial charge in [0.2, 0.25) is 0 Å². The summed E-state index contributed by atoms with van der Waals surface area (Å²) in [5.74, 6) is -1.08. The van der Waals surface area contributed by atoms with E-state index in [4.69, 9.17) is 0 Å². The van der Waals surface area contributed by atoms with Crippen molar-refractivity contribution in [3.8, 4) is 0 Å². The summed E-state index contributed by atoms with van der Waals surface area (Å²) in [5, 5.41) is 16.7. The molecule has 0 atom stereocenters. The van der Waals surface area contributed by atoms with Crippen LogP contribution < -0.4 is 4.90 Å². The molecule has 2 aliphatic rings. The maximum atomic E-state index is 14.5. The Balaban J connectivity index is 1.75. The quantitative estimate of drug-likeness (QED) is 0.677. The Morgan fingerprint density at radius 2 is 2.12 bits per heavy atom. The molecular weight excluding hydrogens is 315 g/mol. The summed E-state index contributed by atoms with van der Waals surface area (Å²) >= 11 is 0. The number of nitro groups is 1. The Morgan fingerprint density at radius 3 is 2.79 bits per heavy atom. The molecule has 124 valence electrons. The highest BCUT2D eigenvalue weighted by atomic mass is 19.1. The number of anilines is 1. The summed E-state index contributed by atoms with van der Waals surface area (Å²) in [4.78, 5) is 24.4. The van der Waals surface area contributed by atoms with Gasteiger partial charge in [-0.3, -0.25) is 4.79 Å². The van der Waals surface area contributed by atoms with Crippen LogP contribution in [0.5, 0.6) is 0 Å². The molecule has 0 bridgehead atoms.